The first-order chi connectivity index (χ1) is 12.4. The van der Waals surface area contributed by atoms with Gasteiger partial charge in [0.2, 0.25) is 5.78 Å². The molecule has 26 heavy (non-hydrogen) atoms. The van der Waals surface area contributed by atoms with Crippen LogP contribution in [0.2, 0.25) is 0 Å². The number of aliphatic hydroxyl groups is 1. The predicted molar refractivity (Wildman–Crippen MR) is 99.5 cm³/mol. The van der Waals surface area contributed by atoms with Gasteiger partial charge in [0.25, 0.3) is 0 Å². The lowest BCUT2D eigenvalue weighted by Crippen LogP contribution is -2.39. The molecular weight excluding hydrogens is 330 g/mol. The first-order valence-corrected chi connectivity index (χ1v) is 8.98. The third kappa shape index (κ3) is 2.87. The molecule has 0 unspecified atom stereocenters. The number of Topliss-reactive ketones (excluding diaryl/α,β-unsaturated/α-hetero) is 1. The van der Waals surface area contributed by atoms with Crippen LogP contribution in [0.15, 0.2) is 35.2 Å². The van der Waals surface area contributed by atoms with Crippen LogP contribution in [0, 0.1) is 0 Å². The summed E-state index contributed by atoms with van der Waals surface area (Å²) in [4.78, 5) is 29.7. The Balaban J connectivity index is 2.11. The summed E-state index contributed by atoms with van der Waals surface area (Å²) in [6, 6.07) is 1.80. The van der Waals surface area contributed by atoms with E-state index in [-0.39, 0.29) is 17.1 Å². The second-order valence-electron chi connectivity index (χ2n) is 6.79. The lowest BCUT2D eigenvalue weighted by atomic mass is 9.78. The molecule has 0 amide bonds. The number of hydrogen-bond donors (Lipinski definition) is 1. The van der Waals surface area contributed by atoms with Crippen molar-refractivity contribution in [1.29, 1.82) is 0 Å². The van der Waals surface area contributed by atoms with Gasteiger partial charge in [0.05, 0.1) is 5.69 Å². The second-order valence-corrected chi connectivity index (χ2v) is 6.79. The lowest BCUT2D eigenvalue weighted by Gasteiger charge is -2.27. The van der Waals surface area contributed by atoms with Crippen molar-refractivity contribution in [3.8, 4) is 0 Å². The largest absolute Gasteiger partial charge is 0.511 e. The number of ketones is 1. The van der Waals surface area contributed by atoms with E-state index in [0.29, 0.717) is 23.1 Å². The van der Waals surface area contributed by atoms with Crippen LogP contribution in [0.4, 0.5) is 0 Å². The van der Waals surface area contributed by atoms with Crippen LogP contribution >= 0.6 is 0 Å². The normalized spacial score (nSPS) is 23.6. The Morgan fingerprint density at radius 3 is 2.81 bits per heavy atom. The van der Waals surface area contributed by atoms with E-state index in [1.807, 2.05) is 19.1 Å². The van der Waals surface area contributed by atoms with Crippen LogP contribution in [0.1, 0.15) is 68.1 Å². The third-order valence-corrected chi connectivity index (χ3v) is 4.86. The van der Waals surface area contributed by atoms with Gasteiger partial charge in [-0.05, 0) is 44.1 Å². The maximum atomic E-state index is 13.0. The highest BCUT2D eigenvalue weighted by Gasteiger charge is 2.54. The molecule has 2 aliphatic rings. The van der Waals surface area contributed by atoms with Crippen molar-refractivity contribution in [2.75, 3.05) is 0 Å². The molecule has 5 heteroatoms. The zero-order chi connectivity index (χ0) is 18.9. The molecule has 0 bridgehead atoms. The lowest BCUT2D eigenvalue weighted by molar-refractivity contribution is -0.141. The quantitative estimate of drug-likeness (QED) is 0.367. The highest BCUT2D eigenvalue weighted by Crippen LogP contribution is 2.45. The zero-order valence-electron chi connectivity index (χ0n) is 15.3. The number of carbonyl (C=O) groups excluding carboxylic acids is 2. The summed E-state index contributed by atoms with van der Waals surface area (Å²) in [6.07, 6.45) is 10.1. The molecule has 1 fully saturated rings. The number of nitrogens with zero attached hydrogens (tertiary/aromatic N) is 1. The average Bonchev–Trinajstić information content (AvgIpc) is 2.86. The van der Waals surface area contributed by atoms with E-state index >= 15 is 0 Å². The van der Waals surface area contributed by atoms with Crippen LogP contribution in [-0.4, -0.2) is 27.4 Å². The molecule has 136 valence electrons. The Hall–Kier alpha value is -2.69. The molecule has 0 radical (unpaired) electrons. The van der Waals surface area contributed by atoms with Crippen molar-refractivity contribution in [2.24, 2.45) is 0 Å². The van der Waals surface area contributed by atoms with Gasteiger partial charge in [0.15, 0.2) is 5.60 Å². The number of unbranched alkanes of at least 4 members (excludes halogenated alkanes) is 2. The van der Waals surface area contributed by atoms with Crippen LogP contribution in [-0.2, 0) is 9.53 Å². The number of carbonyl (C=O) groups is 2. The van der Waals surface area contributed by atoms with Crippen LogP contribution in [0.5, 0.6) is 0 Å². The van der Waals surface area contributed by atoms with Gasteiger partial charge in [0.1, 0.15) is 11.3 Å². The number of hydrogen-bond acceptors (Lipinski definition) is 5. The van der Waals surface area contributed by atoms with E-state index in [4.69, 9.17) is 4.74 Å². The van der Waals surface area contributed by atoms with Gasteiger partial charge < -0.3 is 9.84 Å². The Labute approximate surface area is 153 Å². The van der Waals surface area contributed by atoms with Gasteiger partial charge in [-0.1, -0.05) is 25.8 Å². The fourth-order valence-corrected chi connectivity index (χ4v) is 3.43. The minimum Gasteiger partial charge on any atom is -0.511 e. The van der Waals surface area contributed by atoms with Gasteiger partial charge in [-0.15, -0.1) is 0 Å². The molecule has 1 atom stereocenters. The number of pyridine rings is 1. The summed E-state index contributed by atoms with van der Waals surface area (Å²) in [5.41, 5.74) is 0.995. The van der Waals surface area contributed by atoms with Gasteiger partial charge in [0, 0.05) is 23.8 Å². The number of aliphatic hydroxyl groups excluding tert-OH is 1. The number of ether oxygens (including phenoxy) is 1. The smallest absolute Gasteiger partial charge is 0.343 e. The van der Waals surface area contributed by atoms with Crippen LogP contribution in [0.25, 0.3) is 12.2 Å². The second kappa shape index (κ2) is 6.90. The first kappa shape index (κ1) is 18.1. The SMILES string of the molecule is CC=Cc1cc2c(cn1)C(=O)[C@]1(C)OC(=O)C(=C(O)CCCCC)C1=C2. The van der Waals surface area contributed by atoms with Crippen molar-refractivity contribution in [3.63, 3.8) is 0 Å². The average molecular weight is 353 g/mol. The number of fused-ring (bicyclic) bond motifs is 2. The molecule has 0 saturated carbocycles. The summed E-state index contributed by atoms with van der Waals surface area (Å²) >= 11 is 0. The molecule has 1 aliphatic carbocycles. The van der Waals surface area contributed by atoms with Crippen molar-refractivity contribution in [1.82, 2.24) is 4.98 Å². The van der Waals surface area contributed by atoms with Gasteiger partial charge in [-0.25, -0.2) is 4.79 Å². The molecule has 0 aromatic carbocycles. The molecule has 1 aliphatic heterocycles. The molecular formula is C21H23NO4. The van der Waals surface area contributed by atoms with E-state index in [9.17, 15) is 14.7 Å². The minimum absolute atomic E-state index is 0.00240. The highest BCUT2D eigenvalue weighted by atomic mass is 16.6. The molecule has 1 aromatic heterocycles. The standard InChI is InChI=1S/C21H23NO4/c1-4-6-7-9-17(23)18-16-11-13-10-14(8-5-2)22-12-15(13)19(24)21(16,3)26-20(18)25/h5,8,10-12,23H,4,6-7,9H2,1-3H3/t21-/m1/s1. The fraction of sp³-hybridized carbons (Fsp3) is 0.381. The predicted octanol–water partition coefficient (Wildman–Crippen LogP) is 4.40. The zero-order valence-corrected chi connectivity index (χ0v) is 15.3. The minimum atomic E-state index is -1.40. The summed E-state index contributed by atoms with van der Waals surface area (Å²) in [5, 5.41) is 10.5. The summed E-state index contributed by atoms with van der Waals surface area (Å²) < 4.78 is 5.42. The van der Waals surface area contributed by atoms with Crippen molar-refractivity contribution >= 4 is 23.9 Å². The maximum Gasteiger partial charge on any atom is 0.343 e. The van der Waals surface area contributed by atoms with E-state index in [2.05, 4.69) is 11.9 Å². The Kier molecular flexibility index (Phi) is 4.81. The van der Waals surface area contributed by atoms with Gasteiger partial charge in [-0.2, -0.15) is 0 Å². The summed E-state index contributed by atoms with van der Waals surface area (Å²) in [7, 11) is 0. The monoisotopic (exact) mass is 353 g/mol. The van der Waals surface area contributed by atoms with E-state index < -0.39 is 11.6 Å². The molecule has 0 spiro atoms. The number of allylic oxidation sites excluding steroid dienone is 2. The van der Waals surface area contributed by atoms with Crippen molar-refractivity contribution in [2.45, 2.75) is 52.1 Å². The Morgan fingerprint density at radius 1 is 1.35 bits per heavy atom. The first-order valence-electron chi connectivity index (χ1n) is 8.98. The molecule has 2 heterocycles. The topological polar surface area (TPSA) is 76.5 Å². The highest BCUT2D eigenvalue weighted by molar-refractivity contribution is 6.17. The van der Waals surface area contributed by atoms with Gasteiger partial charge in [-0.3, -0.25) is 9.78 Å². The van der Waals surface area contributed by atoms with Crippen LogP contribution in [0.3, 0.4) is 0 Å². The Morgan fingerprint density at radius 2 is 2.12 bits per heavy atom. The number of aromatic nitrogens is 1. The number of esters is 1. The molecule has 1 aromatic rings. The van der Waals surface area contributed by atoms with E-state index in [0.717, 1.165) is 25.0 Å². The molecule has 3 rings (SSSR count). The van der Waals surface area contributed by atoms with Crippen LogP contribution < -0.4 is 0 Å². The van der Waals surface area contributed by atoms with Gasteiger partial charge >= 0.3 is 5.97 Å². The maximum absolute atomic E-state index is 13.0. The summed E-state index contributed by atoms with van der Waals surface area (Å²) in [5.74, 6) is -0.956. The molecule has 1 N–H and O–H groups in total. The number of rotatable bonds is 5. The van der Waals surface area contributed by atoms with Crippen molar-refractivity contribution in [3.05, 3.63) is 52.1 Å². The molecule has 5 nitrogen and oxygen atoms in total. The Bertz CT molecular complexity index is 863. The summed E-state index contributed by atoms with van der Waals surface area (Å²) in [6.45, 7) is 5.54. The van der Waals surface area contributed by atoms with Crippen molar-refractivity contribution < 1.29 is 19.4 Å². The van der Waals surface area contributed by atoms with E-state index in [1.165, 1.54) is 6.20 Å². The van der Waals surface area contributed by atoms with E-state index in [1.54, 1.807) is 19.1 Å². The fourth-order valence-electron chi connectivity index (χ4n) is 3.43. The molecule has 1 saturated heterocycles. The third-order valence-electron chi connectivity index (χ3n) is 4.86.